The number of carbonyl (C=O) groups excluding carboxylic acids is 1. The lowest BCUT2D eigenvalue weighted by atomic mass is 10.1. The van der Waals surface area contributed by atoms with E-state index in [1.807, 2.05) is 39.2 Å². The zero-order chi connectivity index (χ0) is 11.5. The van der Waals surface area contributed by atoms with Crippen LogP contribution >= 0.6 is 0 Å². The van der Waals surface area contributed by atoms with Gasteiger partial charge in [0.15, 0.2) is 0 Å². The Labute approximate surface area is 92.7 Å². The number of hydrogen-bond donors (Lipinski definition) is 1. The van der Waals surface area contributed by atoms with E-state index in [1.54, 1.807) is 0 Å². The highest BCUT2D eigenvalue weighted by Crippen LogP contribution is 2.03. The van der Waals surface area contributed by atoms with E-state index < -0.39 is 0 Å². The van der Waals surface area contributed by atoms with E-state index in [1.165, 1.54) is 5.56 Å². The molecule has 1 rings (SSSR count). The highest BCUT2D eigenvalue weighted by molar-refractivity contribution is 5.78. The minimum atomic E-state index is 0.346. The molecule has 2 nitrogen and oxygen atoms in total. The van der Waals surface area contributed by atoms with Crippen molar-refractivity contribution in [2.45, 2.75) is 26.2 Å². The van der Waals surface area contributed by atoms with Crippen molar-refractivity contribution < 1.29 is 4.79 Å². The molecule has 1 aromatic carbocycles. The van der Waals surface area contributed by atoms with E-state index in [2.05, 4.69) is 17.4 Å². The molecule has 0 amide bonds. The summed E-state index contributed by atoms with van der Waals surface area (Å²) >= 11 is 0. The average Bonchev–Trinajstić information content (AvgIpc) is 2.28. The SMILES string of the molecule is CCC(=O)CCc1ccccc1.CNC. The predicted octanol–water partition coefficient (Wildman–Crippen LogP) is 2.43. The van der Waals surface area contributed by atoms with Gasteiger partial charge in [-0.1, -0.05) is 37.3 Å². The minimum absolute atomic E-state index is 0.346. The molecule has 15 heavy (non-hydrogen) atoms. The lowest BCUT2D eigenvalue weighted by Crippen LogP contribution is -1.97. The van der Waals surface area contributed by atoms with Crippen molar-refractivity contribution in [3.63, 3.8) is 0 Å². The first-order valence-electron chi connectivity index (χ1n) is 5.38. The largest absolute Gasteiger partial charge is 0.323 e. The van der Waals surface area contributed by atoms with E-state index in [-0.39, 0.29) is 0 Å². The lowest BCUT2D eigenvalue weighted by molar-refractivity contribution is -0.118. The van der Waals surface area contributed by atoms with Crippen molar-refractivity contribution in [3.8, 4) is 0 Å². The smallest absolute Gasteiger partial charge is 0.132 e. The Morgan fingerprint density at radius 1 is 1.20 bits per heavy atom. The molecule has 0 atom stereocenters. The molecule has 0 bridgehead atoms. The first kappa shape index (κ1) is 13.8. The molecule has 1 aromatic rings. The molecule has 0 aliphatic rings. The van der Waals surface area contributed by atoms with Gasteiger partial charge in [0, 0.05) is 12.8 Å². The van der Waals surface area contributed by atoms with E-state index in [4.69, 9.17) is 0 Å². The number of nitrogens with one attached hydrogen (secondary N) is 1. The van der Waals surface area contributed by atoms with Crippen molar-refractivity contribution in [1.82, 2.24) is 5.32 Å². The minimum Gasteiger partial charge on any atom is -0.323 e. The topological polar surface area (TPSA) is 29.1 Å². The maximum Gasteiger partial charge on any atom is 0.132 e. The molecule has 0 unspecified atom stereocenters. The summed E-state index contributed by atoms with van der Waals surface area (Å²) in [5.74, 6) is 0.346. The van der Waals surface area contributed by atoms with Crippen molar-refractivity contribution in [1.29, 1.82) is 0 Å². The molecule has 0 fully saturated rings. The second kappa shape index (κ2) is 9.41. The number of Topliss-reactive ketones (excluding diaryl/α,β-unsaturated/α-hetero) is 1. The number of hydrogen-bond acceptors (Lipinski definition) is 2. The summed E-state index contributed by atoms with van der Waals surface area (Å²) in [4.78, 5) is 11.0. The standard InChI is InChI=1S/C11H14O.C2H7N/c1-2-11(12)9-8-10-6-4-3-5-7-10;1-3-2/h3-7H,2,8-9H2,1H3;3H,1-2H3. The van der Waals surface area contributed by atoms with Crippen molar-refractivity contribution in [2.24, 2.45) is 0 Å². The second-order valence-corrected chi connectivity index (χ2v) is 3.38. The molecule has 84 valence electrons. The van der Waals surface area contributed by atoms with Gasteiger partial charge >= 0.3 is 0 Å². The van der Waals surface area contributed by atoms with Crippen LogP contribution in [0.4, 0.5) is 0 Å². The van der Waals surface area contributed by atoms with Crippen LogP contribution in [0.5, 0.6) is 0 Å². The molecule has 0 aliphatic heterocycles. The van der Waals surface area contributed by atoms with Gasteiger partial charge in [0.2, 0.25) is 0 Å². The summed E-state index contributed by atoms with van der Waals surface area (Å²) in [5.41, 5.74) is 1.25. The third-order valence-electron chi connectivity index (χ3n) is 1.93. The van der Waals surface area contributed by atoms with Crippen LogP contribution in [0.2, 0.25) is 0 Å². The van der Waals surface area contributed by atoms with Crippen LogP contribution in [0.25, 0.3) is 0 Å². The summed E-state index contributed by atoms with van der Waals surface area (Å²) < 4.78 is 0. The molecular weight excluding hydrogens is 186 g/mol. The average molecular weight is 207 g/mol. The summed E-state index contributed by atoms with van der Waals surface area (Å²) in [5, 5.41) is 2.75. The molecule has 1 N–H and O–H groups in total. The molecule has 0 aromatic heterocycles. The van der Waals surface area contributed by atoms with Crippen molar-refractivity contribution >= 4 is 5.78 Å². The number of carbonyl (C=O) groups is 1. The Kier molecular flexibility index (Phi) is 8.69. The second-order valence-electron chi connectivity index (χ2n) is 3.38. The van der Waals surface area contributed by atoms with E-state index in [9.17, 15) is 4.79 Å². The van der Waals surface area contributed by atoms with E-state index in [0.29, 0.717) is 18.6 Å². The van der Waals surface area contributed by atoms with Crippen LogP contribution < -0.4 is 5.32 Å². The van der Waals surface area contributed by atoms with E-state index in [0.717, 1.165) is 6.42 Å². The first-order chi connectivity index (χ1) is 7.24. The lowest BCUT2D eigenvalue weighted by Gasteiger charge is -1.98. The van der Waals surface area contributed by atoms with E-state index >= 15 is 0 Å². The molecule has 0 aliphatic carbocycles. The summed E-state index contributed by atoms with van der Waals surface area (Å²) in [6.07, 6.45) is 2.22. The number of benzene rings is 1. The van der Waals surface area contributed by atoms with Crippen LogP contribution in [0.3, 0.4) is 0 Å². The van der Waals surface area contributed by atoms with Gasteiger partial charge < -0.3 is 5.32 Å². The fourth-order valence-electron chi connectivity index (χ4n) is 1.11. The van der Waals surface area contributed by atoms with Gasteiger partial charge in [-0.05, 0) is 26.1 Å². The molecule has 0 spiro atoms. The van der Waals surface area contributed by atoms with Gasteiger partial charge in [-0.3, -0.25) is 4.79 Å². The Balaban J connectivity index is 0.000000583. The van der Waals surface area contributed by atoms with Gasteiger partial charge in [0.1, 0.15) is 5.78 Å². The Bertz CT molecular complexity index is 256. The summed E-state index contributed by atoms with van der Waals surface area (Å²) in [6, 6.07) is 10.1. The van der Waals surface area contributed by atoms with Crippen LogP contribution in [0, 0.1) is 0 Å². The number of ketones is 1. The number of aryl methyl sites for hydroxylation is 1. The zero-order valence-corrected chi connectivity index (χ0v) is 9.92. The van der Waals surface area contributed by atoms with Crippen LogP contribution in [-0.4, -0.2) is 19.9 Å². The van der Waals surface area contributed by atoms with Gasteiger partial charge in [-0.2, -0.15) is 0 Å². The molecular formula is C13H21NO. The quantitative estimate of drug-likeness (QED) is 0.821. The third kappa shape index (κ3) is 7.89. The van der Waals surface area contributed by atoms with Crippen LogP contribution in [-0.2, 0) is 11.2 Å². The van der Waals surface area contributed by atoms with Crippen molar-refractivity contribution in [2.75, 3.05) is 14.1 Å². The molecule has 0 radical (unpaired) electrons. The first-order valence-corrected chi connectivity index (χ1v) is 5.38. The number of rotatable bonds is 4. The normalized spacial score (nSPS) is 9.00. The highest BCUT2D eigenvalue weighted by atomic mass is 16.1. The Hall–Kier alpha value is -1.15. The Morgan fingerprint density at radius 2 is 1.73 bits per heavy atom. The summed E-state index contributed by atoms with van der Waals surface area (Å²) in [7, 11) is 3.75. The summed E-state index contributed by atoms with van der Waals surface area (Å²) in [6.45, 7) is 1.91. The van der Waals surface area contributed by atoms with Gasteiger partial charge in [0.05, 0.1) is 0 Å². The molecule has 2 heteroatoms. The third-order valence-corrected chi connectivity index (χ3v) is 1.93. The highest BCUT2D eigenvalue weighted by Gasteiger charge is 1.98. The monoisotopic (exact) mass is 207 g/mol. The zero-order valence-electron chi connectivity index (χ0n) is 9.92. The van der Waals surface area contributed by atoms with Crippen LogP contribution in [0.15, 0.2) is 30.3 Å². The fourth-order valence-corrected chi connectivity index (χ4v) is 1.11. The molecule has 0 heterocycles. The van der Waals surface area contributed by atoms with Crippen LogP contribution in [0.1, 0.15) is 25.3 Å². The Morgan fingerprint density at radius 3 is 2.20 bits per heavy atom. The van der Waals surface area contributed by atoms with Gasteiger partial charge in [0.25, 0.3) is 0 Å². The van der Waals surface area contributed by atoms with Gasteiger partial charge in [-0.25, -0.2) is 0 Å². The van der Waals surface area contributed by atoms with Gasteiger partial charge in [-0.15, -0.1) is 0 Å². The van der Waals surface area contributed by atoms with Crippen molar-refractivity contribution in [3.05, 3.63) is 35.9 Å². The maximum absolute atomic E-state index is 11.0. The fraction of sp³-hybridized carbons (Fsp3) is 0.462. The molecule has 0 saturated carbocycles. The maximum atomic E-state index is 11.0. The predicted molar refractivity (Wildman–Crippen MR) is 65.0 cm³/mol. The molecule has 0 saturated heterocycles.